The van der Waals surface area contributed by atoms with Gasteiger partial charge in [0.25, 0.3) is 0 Å². The van der Waals surface area contributed by atoms with Gasteiger partial charge in [0.05, 0.1) is 19.6 Å². The minimum absolute atomic E-state index is 0.0973. The van der Waals surface area contributed by atoms with E-state index in [1.807, 2.05) is 18.2 Å². The van der Waals surface area contributed by atoms with Crippen molar-refractivity contribution in [3.05, 3.63) is 35.3 Å². The lowest BCUT2D eigenvalue weighted by molar-refractivity contribution is -0.128. The van der Waals surface area contributed by atoms with E-state index in [9.17, 15) is 9.59 Å². The summed E-state index contributed by atoms with van der Waals surface area (Å²) in [6.07, 6.45) is 2.15. The van der Waals surface area contributed by atoms with Gasteiger partial charge in [-0.2, -0.15) is 0 Å². The van der Waals surface area contributed by atoms with Crippen LogP contribution in [0.4, 0.5) is 5.13 Å². The van der Waals surface area contributed by atoms with Crippen LogP contribution in [0, 0.1) is 5.92 Å². The molecule has 8 heteroatoms. The fourth-order valence-corrected chi connectivity index (χ4v) is 3.03. The van der Waals surface area contributed by atoms with Gasteiger partial charge in [-0.1, -0.05) is 12.1 Å². The molecule has 3 rings (SSSR count). The van der Waals surface area contributed by atoms with Crippen LogP contribution in [0.1, 0.15) is 5.56 Å². The Balaban J connectivity index is 1.53. The minimum Gasteiger partial charge on any atom is -0.493 e. The first-order valence-electron chi connectivity index (χ1n) is 7.43. The first kappa shape index (κ1) is 16.3. The zero-order valence-corrected chi connectivity index (χ0v) is 13.9. The van der Waals surface area contributed by atoms with Crippen LogP contribution < -0.4 is 20.1 Å². The Morgan fingerprint density at radius 3 is 3.08 bits per heavy atom. The van der Waals surface area contributed by atoms with Crippen LogP contribution in [-0.2, 0) is 16.0 Å². The second kappa shape index (κ2) is 7.31. The van der Waals surface area contributed by atoms with E-state index in [0.717, 1.165) is 5.56 Å². The van der Waals surface area contributed by atoms with Crippen LogP contribution in [0.5, 0.6) is 11.5 Å². The second-order valence-electron chi connectivity index (χ2n) is 5.26. The zero-order valence-electron chi connectivity index (χ0n) is 13.1. The highest BCUT2D eigenvalue weighted by molar-refractivity contribution is 7.13. The van der Waals surface area contributed by atoms with Crippen molar-refractivity contribution in [3.63, 3.8) is 0 Å². The Hall–Kier alpha value is -2.61. The molecule has 1 aromatic carbocycles. The molecule has 0 unspecified atom stereocenters. The highest BCUT2D eigenvalue weighted by atomic mass is 32.1. The lowest BCUT2D eigenvalue weighted by Crippen LogP contribution is -2.40. The molecule has 2 heterocycles. The van der Waals surface area contributed by atoms with Gasteiger partial charge in [-0.05, 0) is 18.1 Å². The molecule has 1 aliphatic heterocycles. The topological polar surface area (TPSA) is 89.5 Å². The lowest BCUT2D eigenvalue weighted by Gasteiger charge is -2.25. The van der Waals surface area contributed by atoms with Crippen molar-refractivity contribution in [1.82, 2.24) is 10.3 Å². The third-order valence-electron chi connectivity index (χ3n) is 3.65. The predicted octanol–water partition coefficient (Wildman–Crippen LogP) is 1.46. The molecule has 1 aliphatic rings. The number of hydrogen-bond donors (Lipinski definition) is 2. The number of amides is 2. The Morgan fingerprint density at radius 2 is 2.33 bits per heavy atom. The summed E-state index contributed by atoms with van der Waals surface area (Å²) in [4.78, 5) is 28.0. The maximum Gasteiger partial charge on any atom is 0.245 e. The molecule has 1 atom stereocenters. The van der Waals surface area contributed by atoms with Crippen LogP contribution in [0.15, 0.2) is 29.8 Å². The average molecular weight is 347 g/mol. The molecular weight excluding hydrogens is 330 g/mol. The van der Waals surface area contributed by atoms with E-state index in [1.165, 1.54) is 11.3 Å². The number of aromatic nitrogens is 1. The van der Waals surface area contributed by atoms with Crippen molar-refractivity contribution in [2.75, 3.05) is 25.6 Å². The third kappa shape index (κ3) is 3.65. The molecule has 0 radical (unpaired) electrons. The number of hydrogen-bond acceptors (Lipinski definition) is 6. The van der Waals surface area contributed by atoms with E-state index < -0.39 is 0 Å². The van der Waals surface area contributed by atoms with Gasteiger partial charge in [-0.3, -0.25) is 9.59 Å². The van der Waals surface area contributed by atoms with Gasteiger partial charge in [0, 0.05) is 11.6 Å². The van der Waals surface area contributed by atoms with E-state index in [4.69, 9.17) is 9.47 Å². The number of rotatable bonds is 5. The van der Waals surface area contributed by atoms with Crippen molar-refractivity contribution in [2.24, 2.45) is 5.92 Å². The van der Waals surface area contributed by atoms with E-state index in [0.29, 0.717) is 23.1 Å². The SMILES string of the molecule is COc1cccc2c1OC[C@@H](C(=O)NCC(=O)Nc1nccs1)C2. The molecule has 2 aromatic rings. The highest BCUT2D eigenvalue weighted by Crippen LogP contribution is 2.35. The number of nitrogens with zero attached hydrogens (tertiary/aromatic N) is 1. The number of methoxy groups -OCH3 is 1. The summed E-state index contributed by atoms with van der Waals surface area (Å²) < 4.78 is 10.9. The molecule has 0 bridgehead atoms. The average Bonchev–Trinajstić information content (AvgIpc) is 3.11. The van der Waals surface area contributed by atoms with Gasteiger partial charge in [-0.25, -0.2) is 4.98 Å². The molecule has 24 heavy (non-hydrogen) atoms. The molecule has 0 saturated carbocycles. The Morgan fingerprint density at radius 1 is 1.46 bits per heavy atom. The van der Waals surface area contributed by atoms with Crippen molar-refractivity contribution in [2.45, 2.75) is 6.42 Å². The first-order chi connectivity index (χ1) is 11.7. The number of para-hydroxylation sites is 1. The molecule has 1 aromatic heterocycles. The number of benzene rings is 1. The lowest BCUT2D eigenvalue weighted by atomic mass is 9.95. The van der Waals surface area contributed by atoms with Crippen molar-refractivity contribution in [1.29, 1.82) is 0 Å². The number of nitrogens with one attached hydrogen (secondary N) is 2. The summed E-state index contributed by atoms with van der Waals surface area (Å²) >= 11 is 1.32. The maximum absolute atomic E-state index is 12.3. The van der Waals surface area contributed by atoms with Gasteiger partial charge in [-0.15, -0.1) is 11.3 Å². The quantitative estimate of drug-likeness (QED) is 0.855. The first-order valence-corrected chi connectivity index (χ1v) is 8.31. The van der Waals surface area contributed by atoms with Crippen LogP contribution in [0.2, 0.25) is 0 Å². The molecule has 0 aliphatic carbocycles. The third-order valence-corrected chi connectivity index (χ3v) is 4.34. The highest BCUT2D eigenvalue weighted by Gasteiger charge is 2.28. The van der Waals surface area contributed by atoms with Gasteiger partial charge in [0.2, 0.25) is 11.8 Å². The molecular formula is C16H17N3O4S. The molecule has 126 valence electrons. The molecule has 0 spiro atoms. The summed E-state index contributed by atoms with van der Waals surface area (Å²) in [7, 11) is 1.58. The van der Waals surface area contributed by atoms with E-state index in [1.54, 1.807) is 18.7 Å². The van der Waals surface area contributed by atoms with Crippen molar-refractivity contribution in [3.8, 4) is 11.5 Å². The van der Waals surface area contributed by atoms with Gasteiger partial charge in [0.1, 0.15) is 6.61 Å². The van der Waals surface area contributed by atoms with E-state index in [-0.39, 0.29) is 30.9 Å². The van der Waals surface area contributed by atoms with Crippen LogP contribution in [0.25, 0.3) is 0 Å². The standard InChI is InChI=1S/C16H17N3O4S/c1-22-12-4-2-3-10-7-11(9-23-14(10)12)15(21)18-8-13(20)19-16-17-5-6-24-16/h2-6,11H,7-9H2,1H3,(H,18,21)(H,17,19,20)/t11-/m0/s1. The smallest absolute Gasteiger partial charge is 0.245 e. The second-order valence-corrected chi connectivity index (χ2v) is 6.16. The Kier molecular flexibility index (Phi) is 4.95. The molecule has 2 amide bonds. The monoisotopic (exact) mass is 347 g/mol. The number of thiazole rings is 1. The Labute approximate surface area is 143 Å². The summed E-state index contributed by atoms with van der Waals surface area (Å²) in [6.45, 7) is 0.160. The number of carbonyl (C=O) groups excluding carboxylic acids is 2. The van der Waals surface area contributed by atoms with Gasteiger partial charge >= 0.3 is 0 Å². The van der Waals surface area contributed by atoms with Crippen molar-refractivity contribution < 1.29 is 19.1 Å². The molecule has 0 saturated heterocycles. The van der Waals surface area contributed by atoms with Crippen LogP contribution >= 0.6 is 11.3 Å². The summed E-state index contributed by atoms with van der Waals surface area (Å²) in [5, 5.41) is 7.53. The number of anilines is 1. The minimum atomic E-state index is -0.336. The molecule has 0 fully saturated rings. The normalized spacial score (nSPS) is 15.8. The molecule has 7 nitrogen and oxygen atoms in total. The number of fused-ring (bicyclic) bond motifs is 1. The van der Waals surface area contributed by atoms with Crippen LogP contribution in [-0.4, -0.2) is 37.1 Å². The molecule has 2 N–H and O–H groups in total. The largest absolute Gasteiger partial charge is 0.493 e. The predicted molar refractivity (Wildman–Crippen MR) is 89.4 cm³/mol. The van der Waals surface area contributed by atoms with Crippen LogP contribution in [0.3, 0.4) is 0 Å². The zero-order chi connectivity index (χ0) is 16.9. The number of ether oxygens (including phenoxy) is 2. The fourth-order valence-electron chi connectivity index (χ4n) is 2.48. The van der Waals surface area contributed by atoms with Gasteiger partial charge in [0.15, 0.2) is 16.6 Å². The van der Waals surface area contributed by atoms with Gasteiger partial charge < -0.3 is 20.1 Å². The Bertz CT molecular complexity index is 733. The van der Waals surface area contributed by atoms with Crippen molar-refractivity contribution >= 4 is 28.3 Å². The number of carbonyl (C=O) groups is 2. The maximum atomic E-state index is 12.3. The van der Waals surface area contributed by atoms with E-state index >= 15 is 0 Å². The summed E-state index contributed by atoms with van der Waals surface area (Å²) in [5.41, 5.74) is 0.924. The van der Waals surface area contributed by atoms with E-state index in [2.05, 4.69) is 15.6 Å². The fraction of sp³-hybridized carbons (Fsp3) is 0.312. The summed E-state index contributed by atoms with van der Waals surface area (Å²) in [6, 6.07) is 5.59. The summed E-state index contributed by atoms with van der Waals surface area (Å²) in [5.74, 6) is 0.492.